The van der Waals surface area contributed by atoms with Crippen molar-refractivity contribution >= 4 is 54.6 Å². The van der Waals surface area contributed by atoms with E-state index in [1.165, 1.54) is 0 Å². The molecule has 0 aliphatic rings. The van der Waals surface area contributed by atoms with Gasteiger partial charge in [0.1, 0.15) is 0 Å². The average Bonchev–Trinajstić information content (AvgIpc) is 2.65. The van der Waals surface area contributed by atoms with Gasteiger partial charge in [-0.25, -0.2) is 13.4 Å². The summed E-state index contributed by atoms with van der Waals surface area (Å²) in [6, 6.07) is 5.32. The second-order valence-corrected chi connectivity index (χ2v) is 8.17. The fourth-order valence-electron chi connectivity index (χ4n) is 1.51. The number of halogens is 2. The van der Waals surface area contributed by atoms with Gasteiger partial charge in [-0.3, -0.25) is 4.72 Å². The quantitative estimate of drug-likeness (QED) is 0.875. The van der Waals surface area contributed by atoms with Crippen LogP contribution in [-0.4, -0.2) is 13.4 Å². The molecule has 0 aliphatic carbocycles. The van der Waals surface area contributed by atoms with Gasteiger partial charge in [-0.1, -0.05) is 44.9 Å². The van der Waals surface area contributed by atoms with Crippen LogP contribution in [0.4, 0.5) is 5.69 Å². The van der Waals surface area contributed by atoms with Crippen molar-refractivity contribution in [2.45, 2.75) is 18.1 Å². The molecule has 1 heterocycles. The number of aromatic nitrogens is 1. The van der Waals surface area contributed by atoms with Gasteiger partial charge in [-0.15, -0.1) is 0 Å². The van der Waals surface area contributed by atoms with E-state index in [1.54, 1.807) is 19.1 Å². The maximum absolute atomic E-state index is 12.3. The van der Waals surface area contributed by atoms with Crippen LogP contribution in [0.3, 0.4) is 0 Å². The molecule has 0 bridgehead atoms. The number of sulfonamides is 1. The van der Waals surface area contributed by atoms with Gasteiger partial charge >= 0.3 is 0 Å². The van der Waals surface area contributed by atoms with Crippen LogP contribution in [0.2, 0.25) is 4.47 Å². The fraction of sp³-hybridized carbons (Fsp3) is 0.182. The van der Waals surface area contributed by atoms with Crippen molar-refractivity contribution in [2.75, 3.05) is 4.72 Å². The third-order valence-electron chi connectivity index (χ3n) is 2.48. The third kappa shape index (κ3) is 3.10. The van der Waals surface area contributed by atoms with Gasteiger partial charge in [-0.2, -0.15) is 0 Å². The zero-order valence-electron chi connectivity index (χ0n) is 10.1. The minimum Gasteiger partial charge on any atom is -0.279 e. The first-order chi connectivity index (χ1) is 8.81. The van der Waals surface area contributed by atoms with E-state index in [2.05, 4.69) is 25.6 Å². The molecular formula is C11H10BrClN2O2S2. The van der Waals surface area contributed by atoms with E-state index in [4.69, 9.17) is 11.6 Å². The summed E-state index contributed by atoms with van der Waals surface area (Å²) < 4.78 is 28.3. The Morgan fingerprint density at radius 2 is 2.05 bits per heavy atom. The topological polar surface area (TPSA) is 59.1 Å². The van der Waals surface area contributed by atoms with Crippen molar-refractivity contribution in [3.8, 4) is 0 Å². The Morgan fingerprint density at radius 1 is 1.37 bits per heavy atom. The second kappa shape index (κ2) is 5.40. The molecule has 0 unspecified atom stereocenters. The summed E-state index contributed by atoms with van der Waals surface area (Å²) in [5.74, 6) is 0. The lowest BCUT2D eigenvalue weighted by atomic mass is 10.2. The van der Waals surface area contributed by atoms with Crippen LogP contribution in [0.5, 0.6) is 0 Å². The number of nitrogens with one attached hydrogen (secondary N) is 1. The first-order valence-electron chi connectivity index (χ1n) is 5.22. The van der Waals surface area contributed by atoms with E-state index in [-0.39, 0.29) is 8.68 Å². The highest BCUT2D eigenvalue weighted by Gasteiger charge is 2.22. The van der Waals surface area contributed by atoms with Crippen molar-refractivity contribution < 1.29 is 8.42 Å². The van der Waals surface area contributed by atoms with Crippen LogP contribution in [0, 0.1) is 13.8 Å². The van der Waals surface area contributed by atoms with Crippen LogP contribution in [0.15, 0.2) is 26.9 Å². The Morgan fingerprint density at radius 3 is 2.63 bits per heavy atom. The molecule has 8 heteroatoms. The smallest absolute Gasteiger partial charge is 0.273 e. The molecule has 1 aromatic heterocycles. The number of aryl methyl sites for hydroxylation is 1. The molecular weight excluding hydrogens is 372 g/mol. The standard InChI is InChI=1S/C11H10BrClN2O2S2/c1-6-8(12)4-3-5-9(6)15-19(16,17)10-7(2)14-11(13)18-10/h3-5,15H,1-2H3. The fourth-order valence-corrected chi connectivity index (χ4v) is 4.74. The van der Waals surface area contributed by atoms with E-state index in [0.29, 0.717) is 11.4 Å². The molecule has 0 saturated heterocycles. The Balaban J connectivity index is 2.42. The summed E-state index contributed by atoms with van der Waals surface area (Å²) >= 11 is 10.0. The zero-order valence-corrected chi connectivity index (χ0v) is 14.0. The van der Waals surface area contributed by atoms with Crippen molar-refractivity contribution in [1.29, 1.82) is 0 Å². The molecule has 19 heavy (non-hydrogen) atoms. The lowest BCUT2D eigenvalue weighted by molar-refractivity contribution is 0.602. The Kier molecular flexibility index (Phi) is 4.20. The molecule has 2 aromatic rings. The van der Waals surface area contributed by atoms with E-state index in [1.807, 2.05) is 13.0 Å². The molecule has 0 aliphatic heterocycles. The summed E-state index contributed by atoms with van der Waals surface area (Å²) in [6.45, 7) is 3.44. The van der Waals surface area contributed by atoms with Crippen LogP contribution < -0.4 is 4.72 Å². The number of nitrogens with zero attached hydrogens (tertiary/aromatic N) is 1. The molecule has 102 valence electrons. The number of benzene rings is 1. The first kappa shape index (κ1) is 14.8. The summed E-state index contributed by atoms with van der Waals surface area (Å²) in [5.41, 5.74) is 1.74. The number of hydrogen-bond donors (Lipinski definition) is 1. The number of anilines is 1. The molecule has 0 atom stereocenters. The second-order valence-electron chi connectivity index (χ2n) is 3.86. The molecule has 0 radical (unpaired) electrons. The van der Waals surface area contributed by atoms with Crippen LogP contribution >= 0.6 is 38.9 Å². The summed E-state index contributed by atoms with van der Waals surface area (Å²) in [6.07, 6.45) is 0. The zero-order chi connectivity index (χ0) is 14.2. The van der Waals surface area contributed by atoms with Crippen LogP contribution in [0.25, 0.3) is 0 Å². The molecule has 0 amide bonds. The third-order valence-corrected chi connectivity index (χ3v) is 6.58. The predicted molar refractivity (Wildman–Crippen MR) is 81.5 cm³/mol. The maximum atomic E-state index is 12.3. The highest BCUT2D eigenvalue weighted by Crippen LogP contribution is 2.30. The normalized spacial score (nSPS) is 11.6. The predicted octanol–water partition coefficient (Wildman–Crippen LogP) is 3.98. The van der Waals surface area contributed by atoms with Gasteiger partial charge in [0.2, 0.25) is 0 Å². The molecule has 1 aromatic carbocycles. The number of thiazole rings is 1. The van der Waals surface area contributed by atoms with Gasteiger partial charge in [0.15, 0.2) is 8.68 Å². The van der Waals surface area contributed by atoms with Crippen molar-refractivity contribution in [1.82, 2.24) is 4.98 Å². The van der Waals surface area contributed by atoms with Crippen LogP contribution in [0.1, 0.15) is 11.3 Å². The number of hydrogen-bond acceptors (Lipinski definition) is 4. The number of rotatable bonds is 3. The molecule has 0 saturated carbocycles. The summed E-state index contributed by atoms with van der Waals surface area (Å²) in [5, 5.41) is 0. The Labute approximate surface area is 129 Å². The lowest BCUT2D eigenvalue weighted by Gasteiger charge is -2.10. The molecule has 4 nitrogen and oxygen atoms in total. The maximum Gasteiger partial charge on any atom is 0.273 e. The lowest BCUT2D eigenvalue weighted by Crippen LogP contribution is -2.13. The molecule has 2 rings (SSSR count). The van der Waals surface area contributed by atoms with Gasteiger partial charge in [0.25, 0.3) is 10.0 Å². The molecule has 0 spiro atoms. The highest BCUT2D eigenvalue weighted by atomic mass is 79.9. The largest absolute Gasteiger partial charge is 0.279 e. The Hall–Kier alpha value is -0.630. The van der Waals surface area contributed by atoms with E-state index in [0.717, 1.165) is 21.4 Å². The first-order valence-corrected chi connectivity index (χ1v) is 8.69. The van der Waals surface area contributed by atoms with Crippen molar-refractivity contribution in [2.24, 2.45) is 0 Å². The van der Waals surface area contributed by atoms with Gasteiger partial charge in [-0.05, 0) is 31.5 Å². The monoisotopic (exact) mass is 380 g/mol. The molecule has 0 fully saturated rings. The minimum atomic E-state index is -3.66. The van der Waals surface area contributed by atoms with Gasteiger partial charge in [0, 0.05) is 4.47 Å². The van der Waals surface area contributed by atoms with E-state index < -0.39 is 10.0 Å². The van der Waals surface area contributed by atoms with E-state index in [9.17, 15) is 8.42 Å². The highest BCUT2D eigenvalue weighted by molar-refractivity contribution is 9.10. The summed E-state index contributed by atoms with van der Waals surface area (Å²) in [7, 11) is -3.66. The van der Waals surface area contributed by atoms with Crippen LogP contribution in [-0.2, 0) is 10.0 Å². The minimum absolute atomic E-state index is 0.136. The Bertz CT molecular complexity index is 728. The van der Waals surface area contributed by atoms with Crippen molar-refractivity contribution in [3.05, 3.63) is 38.4 Å². The SMILES string of the molecule is Cc1nc(Cl)sc1S(=O)(=O)Nc1cccc(Br)c1C. The summed E-state index contributed by atoms with van der Waals surface area (Å²) in [4.78, 5) is 3.91. The van der Waals surface area contributed by atoms with Crippen molar-refractivity contribution in [3.63, 3.8) is 0 Å². The van der Waals surface area contributed by atoms with Gasteiger partial charge < -0.3 is 0 Å². The van der Waals surface area contributed by atoms with Gasteiger partial charge in [0.05, 0.1) is 11.4 Å². The molecule has 1 N–H and O–H groups in total. The van der Waals surface area contributed by atoms with E-state index >= 15 is 0 Å². The average molecular weight is 382 g/mol.